The van der Waals surface area contributed by atoms with E-state index in [1.165, 1.54) is 6.92 Å². The molecule has 0 aromatic heterocycles. The summed E-state index contributed by atoms with van der Waals surface area (Å²) in [5.74, 6) is -0.0119. The Hall–Kier alpha value is -2.95. The summed E-state index contributed by atoms with van der Waals surface area (Å²) in [7, 11) is 0. The average Bonchev–Trinajstić information content (AvgIpc) is 2.55. The van der Waals surface area contributed by atoms with Crippen LogP contribution >= 0.6 is 0 Å². The molecule has 0 saturated heterocycles. The first-order valence-corrected chi connectivity index (χ1v) is 6.67. The Labute approximate surface area is 129 Å². The van der Waals surface area contributed by atoms with E-state index in [2.05, 4.69) is 0 Å². The van der Waals surface area contributed by atoms with E-state index in [0.717, 1.165) is 5.56 Å². The molecule has 0 fully saturated rings. The molecule has 0 aliphatic carbocycles. The van der Waals surface area contributed by atoms with Crippen molar-refractivity contribution in [3.63, 3.8) is 0 Å². The smallest absolute Gasteiger partial charge is 0.159 e. The number of nitriles is 2. The zero-order chi connectivity index (χ0) is 16.5. The van der Waals surface area contributed by atoms with Gasteiger partial charge in [-0.3, -0.25) is 4.79 Å². The zero-order valence-corrected chi connectivity index (χ0v) is 12.4. The molecule has 0 heterocycles. The van der Waals surface area contributed by atoms with Crippen molar-refractivity contribution in [3.8, 4) is 12.1 Å². The van der Waals surface area contributed by atoms with Crippen LogP contribution in [0.15, 0.2) is 48.5 Å². The molecule has 4 nitrogen and oxygen atoms in total. The minimum atomic E-state index is -0.497. The number of benzene rings is 2. The van der Waals surface area contributed by atoms with Gasteiger partial charge in [0.2, 0.25) is 0 Å². The summed E-state index contributed by atoms with van der Waals surface area (Å²) in [5.41, 5.74) is 2.48. The van der Waals surface area contributed by atoms with Crippen molar-refractivity contribution < 1.29 is 9.90 Å². The van der Waals surface area contributed by atoms with E-state index in [9.17, 15) is 4.79 Å². The number of hydrogen-bond donors (Lipinski definition) is 1. The van der Waals surface area contributed by atoms with Gasteiger partial charge in [-0.05, 0) is 43.7 Å². The fraction of sp³-hybridized carbons (Fsp3) is 0.167. The topological polar surface area (TPSA) is 84.9 Å². The third kappa shape index (κ3) is 5.20. The van der Waals surface area contributed by atoms with E-state index in [1.807, 2.05) is 12.1 Å². The molecule has 1 atom stereocenters. The molecule has 2 rings (SSSR count). The molecule has 1 N–H and O–H groups in total. The molecule has 1 unspecified atom stereocenters. The molecule has 0 aliphatic rings. The lowest BCUT2D eigenvalue weighted by Crippen LogP contribution is -1.91. The number of aliphatic hydroxyl groups is 1. The van der Waals surface area contributed by atoms with Crippen LogP contribution in [0, 0.1) is 22.7 Å². The second-order valence-corrected chi connectivity index (χ2v) is 4.66. The van der Waals surface area contributed by atoms with Gasteiger partial charge < -0.3 is 5.11 Å². The number of carbonyl (C=O) groups excluding carboxylic acids is 1. The van der Waals surface area contributed by atoms with Crippen molar-refractivity contribution in [3.05, 3.63) is 70.8 Å². The number of nitrogens with zero attached hydrogens (tertiary/aromatic N) is 2. The number of aliphatic hydroxyl groups excluding tert-OH is 1. The number of rotatable bonds is 2. The van der Waals surface area contributed by atoms with E-state index < -0.39 is 6.10 Å². The lowest BCUT2D eigenvalue weighted by Gasteiger charge is -2.02. The minimum absolute atomic E-state index is 0.0119. The summed E-state index contributed by atoms with van der Waals surface area (Å²) < 4.78 is 0. The highest BCUT2D eigenvalue weighted by molar-refractivity contribution is 5.94. The van der Waals surface area contributed by atoms with Crippen molar-refractivity contribution in [1.82, 2.24) is 0 Å². The predicted octanol–water partition coefficient (Wildman–Crippen LogP) is 3.37. The average molecular weight is 292 g/mol. The van der Waals surface area contributed by atoms with E-state index in [1.54, 1.807) is 55.5 Å². The fourth-order valence-corrected chi connectivity index (χ4v) is 1.68. The maximum absolute atomic E-state index is 10.8. The van der Waals surface area contributed by atoms with Crippen molar-refractivity contribution >= 4 is 5.78 Å². The molecular weight excluding hydrogens is 276 g/mol. The Bertz CT molecular complexity index is 737. The highest BCUT2D eigenvalue weighted by atomic mass is 16.3. The number of ketones is 1. The monoisotopic (exact) mass is 292 g/mol. The fourth-order valence-electron chi connectivity index (χ4n) is 1.68. The van der Waals surface area contributed by atoms with Crippen molar-refractivity contribution in [2.24, 2.45) is 0 Å². The van der Waals surface area contributed by atoms with E-state index in [-0.39, 0.29) is 5.78 Å². The van der Waals surface area contributed by atoms with E-state index >= 15 is 0 Å². The third-order valence-corrected chi connectivity index (χ3v) is 2.90. The molecule has 2 aromatic carbocycles. The third-order valence-electron chi connectivity index (χ3n) is 2.90. The summed E-state index contributed by atoms with van der Waals surface area (Å²) in [6, 6.07) is 17.6. The van der Waals surface area contributed by atoms with Crippen molar-refractivity contribution in [1.29, 1.82) is 10.5 Å². The van der Waals surface area contributed by atoms with Gasteiger partial charge >= 0.3 is 0 Å². The molecule has 2 aromatic rings. The second-order valence-electron chi connectivity index (χ2n) is 4.66. The van der Waals surface area contributed by atoms with Gasteiger partial charge in [0, 0.05) is 5.56 Å². The summed E-state index contributed by atoms with van der Waals surface area (Å²) in [6.07, 6.45) is -0.497. The molecule has 0 bridgehead atoms. The molecule has 0 radical (unpaired) electrons. The molecule has 110 valence electrons. The summed E-state index contributed by atoms with van der Waals surface area (Å²) in [4.78, 5) is 10.8. The number of hydrogen-bond acceptors (Lipinski definition) is 4. The summed E-state index contributed by atoms with van der Waals surface area (Å²) in [5, 5.41) is 26.1. The molecule has 4 heteroatoms. The zero-order valence-electron chi connectivity index (χ0n) is 12.4. The first-order chi connectivity index (χ1) is 10.5. The van der Waals surface area contributed by atoms with Crippen molar-refractivity contribution in [2.45, 2.75) is 20.0 Å². The maximum atomic E-state index is 10.8. The van der Waals surface area contributed by atoms with E-state index in [0.29, 0.717) is 16.7 Å². The first-order valence-electron chi connectivity index (χ1n) is 6.67. The highest BCUT2D eigenvalue weighted by Crippen LogP contribution is 2.12. The van der Waals surface area contributed by atoms with Gasteiger partial charge in [-0.2, -0.15) is 10.5 Å². The Morgan fingerprint density at radius 2 is 1.59 bits per heavy atom. The standard InChI is InChI=1S/C9H9NO.C9H7NO/c2*1-7(11)9-4-2-3-8(5-9)6-10/h2-5,7,11H,1H3;2-5H,1H3. The van der Waals surface area contributed by atoms with E-state index in [4.69, 9.17) is 15.6 Å². The van der Waals surface area contributed by atoms with Gasteiger partial charge in [-0.25, -0.2) is 0 Å². The number of carbonyl (C=O) groups is 1. The molecule has 0 saturated carbocycles. The van der Waals surface area contributed by atoms with Crippen LogP contribution in [0.1, 0.15) is 47.0 Å². The summed E-state index contributed by atoms with van der Waals surface area (Å²) in [6.45, 7) is 3.16. The Kier molecular flexibility index (Phi) is 6.50. The van der Waals surface area contributed by atoms with Gasteiger partial charge in [0.25, 0.3) is 0 Å². The minimum Gasteiger partial charge on any atom is -0.389 e. The van der Waals surface area contributed by atoms with Crippen LogP contribution in [0.4, 0.5) is 0 Å². The van der Waals surface area contributed by atoms with Gasteiger partial charge in [0.15, 0.2) is 5.78 Å². The largest absolute Gasteiger partial charge is 0.389 e. The summed E-state index contributed by atoms with van der Waals surface area (Å²) >= 11 is 0. The van der Waals surface area contributed by atoms with Crippen molar-refractivity contribution in [2.75, 3.05) is 0 Å². The van der Waals surface area contributed by atoms with Crippen LogP contribution in [0.2, 0.25) is 0 Å². The lowest BCUT2D eigenvalue weighted by atomic mass is 10.1. The lowest BCUT2D eigenvalue weighted by molar-refractivity contribution is 0.101. The van der Waals surface area contributed by atoms with Gasteiger partial charge in [0.1, 0.15) is 0 Å². The first kappa shape index (κ1) is 17.1. The van der Waals surface area contributed by atoms with Crippen LogP contribution in [0.5, 0.6) is 0 Å². The Morgan fingerprint density at radius 1 is 1.05 bits per heavy atom. The van der Waals surface area contributed by atoms with Crippen LogP contribution < -0.4 is 0 Å². The quantitative estimate of drug-likeness (QED) is 0.860. The Balaban J connectivity index is 0.000000220. The maximum Gasteiger partial charge on any atom is 0.159 e. The van der Waals surface area contributed by atoms with Crippen LogP contribution in [0.3, 0.4) is 0 Å². The Morgan fingerprint density at radius 3 is 2.09 bits per heavy atom. The molecule has 22 heavy (non-hydrogen) atoms. The number of Topliss-reactive ketones (excluding diaryl/α,β-unsaturated/α-hetero) is 1. The molecule has 0 amide bonds. The van der Waals surface area contributed by atoms with Crippen LogP contribution in [-0.4, -0.2) is 10.9 Å². The molecule has 0 spiro atoms. The SMILES string of the molecule is CC(=O)c1cccc(C#N)c1.CC(O)c1cccc(C#N)c1. The normalized spacial score (nSPS) is 10.4. The van der Waals surface area contributed by atoms with Gasteiger partial charge in [-0.1, -0.05) is 24.3 Å². The molecule has 0 aliphatic heterocycles. The second kappa shape index (κ2) is 8.36. The predicted molar refractivity (Wildman–Crippen MR) is 83.0 cm³/mol. The van der Waals surface area contributed by atoms with Gasteiger partial charge in [-0.15, -0.1) is 0 Å². The van der Waals surface area contributed by atoms with Gasteiger partial charge in [0.05, 0.1) is 29.4 Å². The van der Waals surface area contributed by atoms with Crippen LogP contribution in [0.25, 0.3) is 0 Å². The molecular formula is C18H16N2O2. The highest BCUT2D eigenvalue weighted by Gasteiger charge is 2.00. The van der Waals surface area contributed by atoms with Crippen LogP contribution in [-0.2, 0) is 0 Å².